The first-order valence-electron chi connectivity index (χ1n) is 5.96. The smallest absolute Gasteiger partial charge is 0.235 e. The molecule has 90 valence electrons. The summed E-state index contributed by atoms with van der Waals surface area (Å²) in [6, 6.07) is 6.34. The van der Waals surface area contributed by atoms with Crippen molar-refractivity contribution in [3.63, 3.8) is 0 Å². The molecule has 0 radical (unpaired) electrons. The van der Waals surface area contributed by atoms with E-state index < -0.39 is 0 Å². The van der Waals surface area contributed by atoms with Gasteiger partial charge < -0.3 is 4.90 Å². The lowest BCUT2D eigenvalue weighted by molar-refractivity contribution is 0.256. The zero-order valence-corrected chi connectivity index (χ0v) is 10.7. The highest BCUT2D eigenvalue weighted by atomic mass is 16.1. The van der Waals surface area contributed by atoms with Gasteiger partial charge in [-0.05, 0) is 37.8 Å². The Hall–Kier alpha value is -1.60. The van der Waals surface area contributed by atoms with Gasteiger partial charge >= 0.3 is 0 Å². The molecule has 3 heteroatoms. The summed E-state index contributed by atoms with van der Waals surface area (Å²) in [4.78, 5) is 16.8. The monoisotopic (exact) mass is 230 g/mol. The number of anilines is 1. The fourth-order valence-electron chi connectivity index (χ4n) is 2.45. The number of nitrogens with zero attached hydrogens (tertiary/aromatic N) is 2. The van der Waals surface area contributed by atoms with Gasteiger partial charge in [0.2, 0.25) is 6.08 Å². The standard InChI is InChI=1S/C14H18N2O/c1-11-5-6-12(13(9-11)16(2)3)14(15-10-17)7-4-8-14/h5-6,9H,4,7-8H2,1-3H3. The minimum absolute atomic E-state index is 0.310. The molecule has 0 aromatic heterocycles. The van der Waals surface area contributed by atoms with Gasteiger partial charge in [-0.25, -0.2) is 4.79 Å². The number of rotatable bonds is 3. The van der Waals surface area contributed by atoms with Gasteiger partial charge in [0.25, 0.3) is 0 Å². The molecule has 1 saturated carbocycles. The highest BCUT2D eigenvalue weighted by molar-refractivity contribution is 5.59. The topological polar surface area (TPSA) is 32.7 Å². The third-order valence-corrected chi connectivity index (χ3v) is 3.58. The fourth-order valence-corrected chi connectivity index (χ4v) is 2.45. The zero-order valence-electron chi connectivity index (χ0n) is 10.7. The van der Waals surface area contributed by atoms with Crippen molar-refractivity contribution in [2.45, 2.75) is 31.7 Å². The highest BCUT2D eigenvalue weighted by Gasteiger charge is 2.40. The Morgan fingerprint density at radius 3 is 2.53 bits per heavy atom. The Bertz CT molecular complexity index is 469. The summed E-state index contributed by atoms with van der Waals surface area (Å²) in [6.07, 6.45) is 4.78. The van der Waals surface area contributed by atoms with Crippen LogP contribution in [-0.2, 0) is 10.3 Å². The van der Waals surface area contributed by atoms with E-state index in [-0.39, 0.29) is 5.54 Å². The molecule has 0 heterocycles. The lowest BCUT2D eigenvalue weighted by atomic mass is 9.71. The van der Waals surface area contributed by atoms with E-state index in [9.17, 15) is 4.79 Å². The van der Waals surface area contributed by atoms with Crippen molar-refractivity contribution < 1.29 is 4.79 Å². The molecule has 1 aliphatic rings. The molecule has 0 saturated heterocycles. The molecule has 0 amide bonds. The van der Waals surface area contributed by atoms with Crippen molar-refractivity contribution in [2.24, 2.45) is 4.99 Å². The summed E-state index contributed by atoms with van der Waals surface area (Å²) in [5.41, 5.74) is 3.23. The maximum atomic E-state index is 10.6. The molecule has 0 N–H and O–H groups in total. The van der Waals surface area contributed by atoms with E-state index in [2.05, 4.69) is 35.0 Å². The Morgan fingerprint density at radius 2 is 2.06 bits per heavy atom. The van der Waals surface area contributed by atoms with Crippen molar-refractivity contribution in [1.82, 2.24) is 0 Å². The molecule has 0 bridgehead atoms. The van der Waals surface area contributed by atoms with E-state index in [4.69, 9.17) is 0 Å². The van der Waals surface area contributed by atoms with Crippen LogP contribution in [0.1, 0.15) is 30.4 Å². The van der Waals surface area contributed by atoms with Crippen molar-refractivity contribution in [3.8, 4) is 0 Å². The van der Waals surface area contributed by atoms with E-state index in [1.807, 2.05) is 14.1 Å². The maximum Gasteiger partial charge on any atom is 0.235 e. The lowest BCUT2D eigenvalue weighted by Crippen LogP contribution is -2.33. The molecule has 2 rings (SSSR count). The quantitative estimate of drug-likeness (QED) is 0.591. The van der Waals surface area contributed by atoms with E-state index in [1.54, 1.807) is 6.08 Å². The number of carbonyl (C=O) groups excluding carboxylic acids is 1. The molecule has 0 atom stereocenters. The first-order chi connectivity index (χ1) is 8.09. The van der Waals surface area contributed by atoms with Crippen LogP contribution in [0.25, 0.3) is 0 Å². The highest BCUT2D eigenvalue weighted by Crippen LogP contribution is 2.47. The number of hydrogen-bond acceptors (Lipinski definition) is 3. The third-order valence-electron chi connectivity index (χ3n) is 3.58. The molecule has 1 aromatic rings. The SMILES string of the molecule is Cc1ccc(C2(N=C=O)CCC2)c(N(C)C)c1. The Balaban J connectivity index is 2.54. The summed E-state index contributed by atoms with van der Waals surface area (Å²) >= 11 is 0. The Kier molecular flexibility index (Phi) is 3.03. The maximum absolute atomic E-state index is 10.6. The van der Waals surface area contributed by atoms with Crippen molar-refractivity contribution in [1.29, 1.82) is 0 Å². The molecule has 0 spiro atoms. The van der Waals surface area contributed by atoms with Gasteiger partial charge in [0, 0.05) is 25.3 Å². The summed E-state index contributed by atoms with van der Waals surface area (Å²) in [6.45, 7) is 2.08. The zero-order chi connectivity index (χ0) is 12.5. The normalized spacial score (nSPS) is 16.9. The van der Waals surface area contributed by atoms with E-state index in [1.165, 1.54) is 5.56 Å². The summed E-state index contributed by atoms with van der Waals surface area (Å²) < 4.78 is 0. The number of benzene rings is 1. The largest absolute Gasteiger partial charge is 0.377 e. The van der Waals surface area contributed by atoms with Gasteiger partial charge in [-0.1, -0.05) is 12.1 Å². The van der Waals surface area contributed by atoms with Gasteiger partial charge in [0.1, 0.15) is 5.54 Å². The minimum atomic E-state index is -0.310. The van der Waals surface area contributed by atoms with Gasteiger partial charge in [0.15, 0.2) is 0 Å². The van der Waals surface area contributed by atoms with Crippen LogP contribution in [0.4, 0.5) is 5.69 Å². The summed E-state index contributed by atoms with van der Waals surface area (Å²) in [5.74, 6) is 0. The van der Waals surface area contributed by atoms with Crippen molar-refractivity contribution >= 4 is 11.8 Å². The summed E-state index contributed by atoms with van der Waals surface area (Å²) in [5, 5.41) is 0. The van der Waals surface area contributed by atoms with Crippen molar-refractivity contribution in [3.05, 3.63) is 29.3 Å². The van der Waals surface area contributed by atoms with Crippen LogP contribution in [-0.4, -0.2) is 20.2 Å². The molecule has 17 heavy (non-hydrogen) atoms. The minimum Gasteiger partial charge on any atom is -0.377 e. The molecular formula is C14H18N2O. The predicted octanol–water partition coefficient (Wildman–Crippen LogP) is 2.78. The molecule has 1 aliphatic carbocycles. The van der Waals surface area contributed by atoms with E-state index >= 15 is 0 Å². The van der Waals surface area contributed by atoms with Crippen LogP contribution >= 0.6 is 0 Å². The van der Waals surface area contributed by atoms with E-state index in [0.29, 0.717) is 0 Å². The average Bonchev–Trinajstić information content (AvgIpc) is 2.24. The number of hydrogen-bond donors (Lipinski definition) is 0. The van der Waals surface area contributed by atoms with Crippen molar-refractivity contribution in [2.75, 3.05) is 19.0 Å². The number of aryl methyl sites for hydroxylation is 1. The van der Waals surface area contributed by atoms with Gasteiger partial charge in [0.05, 0.1) is 0 Å². The summed E-state index contributed by atoms with van der Waals surface area (Å²) in [7, 11) is 4.05. The molecule has 0 aliphatic heterocycles. The van der Waals surface area contributed by atoms with Gasteiger partial charge in [-0.3, -0.25) is 0 Å². The third kappa shape index (κ3) is 1.98. The average molecular weight is 230 g/mol. The second-order valence-electron chi connectivity index (χ2n) is 5.00. The van der Waals surface area contributed by atoms with E-state index in [0.717, 1.165) is 30.5 Å². The number of aliphatic imine (C=N–C) groups is 1. The molecular weight excluding hydrogens is 212 g/mol. The van der Waals surface area contributed by atoms with Gasteiger partial charge in [-0.15, -0.1) is 0 Å². The van der Waals surface area contributed by atoms with Gasteiger partial charge in [-0.2, -0.15) is 4.99 Å². The second-order valence-corrected chi connectivity index (χ2v) is 5.00. The van der Waals surface area contributed by atoms with Crippen LogP contribution in [0.3, 0.4) is 0 Å². The lowest BCUT2D eigenvalue weighted by Gasteiger charge is -2.39. The Labute approximate surface area is 102 Å². The Morgan fingerprint density at radius 1 is 1.35 bits per heavy atom. The molecule has 0 unspecified atom stereocenters. The second kappa shape index (κ2) is 4.34. The fraction of sp³-hybridized carbons (Fsp3) is 0.500. The van der Waals surface area contributed by atoms with Crippen LogP contribution in [0.15, 0.2) is 23.2 Å². The first kappa shape index (κ1) is 11.9. The van der Waals surface area contributed by atoms with Crippen LogP contribution in [0.5, 0.6) is 0 Å². The predicted molar refractivity (Wildman–Crippen MR) is 69.2 cm³/mol. The molecule has 1 fully saturated rings. The number of isocyanates is 1. The first-order valence-corrected chi connectivity index (χ1v) is 5.96. The van der Waals surface area contributed by atoms with Crippen LogP contribution in [0.2, 0.25) is 0 Å². The molecule has 1 aromatic carbocycles. The van der Waals surface area contributed by atoms with Crippen LogP contribution in [0, 0.1) is 6.92 Å². The molecule has 3 nitrogen and oxygen atoms in total. The van der Waals surface area contributed by atoms with Crippen LogP contribution < -0.4 is 4.90 Å².